The number of benzene rings is 2. The first-order valence-corrected chi connectivity index (χ1v) is 12.2. The van der Waals surface area contributed by atoms with E-state index in [0.29, 0.717) is 17.9 Å². The molecule has 2 heterocycles. The van der Waals surface area contributed by atoms with Crippen LogP contribution in [0.3, 0.4) is 0 Å². The SMILES string of the molecule is Cc1cc(Br)cc(NC(=O)NCc2cccc(-c3cnc(N)c(C(=O)N[C@H]4CCCNC4)n3)c2)c1. The van der Waals surface area contributed by atoms with Crippen LogP contribution in [0.1, 0.15) is 34.5 Å². The summed E-state index contributed by atoms with van der Waals surface area (Å²) in [5.74, 6) is -0.241. The molecule has 0 spiro atoms. The summed E-state index contributed by atoms with van der Waals surface area (Å²) in [6.07, 6.45) is 3.46. The summed E-state index contributed by atoms with van der Waals surface area (Å²) < 4.78 is 0.897. The first-order valence-electron chi connectivity index (χ1n) is 11.4. The number of anilines is 2. The molecule has 35 heavy (non-hydrogen) atoms. The van der Waals surface area contributed by atoms with Crippen molar-refractivity contribution >= 4 is 39.4 Å². The highest BCUT2D eigenvalue weighted by atomic mass is 79.9. The average Bonchev–Trinajstić information content (AvgIpc) is 2.83. The summed E-state index contributed by atoms with van der Waals surface area (Å²) in [5.41, 5.74) is 9.99. The molecule has 1 aliphatic rings. The second-order valence-electron chi connectivity index (χ2n) is 8.53. The summed E-state index contributed by atoms with van der Waals surface area (Å²) in [7, 11) is 0. The number of hydrogen-bond acceptors (Lipinski definition) is 6. The summed E-state index contributed by atoms with van der Waals surface area (Å²) in [6.45, 7) is 3.96. The predicted octanol–water partition coefficient (Wildman–Crippen LogP) is 3.60. The zero-order chi connectivity index (χ0) is 24.8. The molecular weight excluding hydrogens is 510 g/mol. The van der Waals surface area contributed by atoms with Crippen molar-refractivity contribution in [2.75, 3.05) is 24.1 Å². The number of rotatable bonds is 6. The third-order valence-corrected chi connectivity index (χ3v) is 6.08. The minimum atomic E-state index is -0.331. The molecule has 10 heteroatoms. The molecule has 0 unspecified atom stereocenters. The van der Waals surface area contributed by atoms with Crippen LogP contribution in [0.2, 0.25) is 0 Å². The molecule has 1 aromatic heterocycles. The van der Waals surface area contributed by atoms with Crippen LogP contribution < -0.4 is 27.0 Å². The lowest BCUT2D eigenvalue weighted by Gasteiger charge is -2.23. The predicted molar refractivity (Wildman–Crippen MR) is 140 cm³/mol. The third-order valence-electron chi connectivity index (χ3n) is 5.62. The highest BCUT2D eigenvalue weighted by molar-refractivity contribution is 9.10. The van der Waals surface area contributed by atoms with Gasteiger partial charge in [-0.05, 0) is 61.7 Å². The Bertz CT molecular complexity index is 1210. The van der Waals surface area contributed by atoms with Crippen LogP contribution in [0.5, 0.6) is 0 Å². The first kappa shape index (κ1) is 24.6. The van der Waals surface area contributed by atoms with Crippen molar-refractivity contribution in [2.45, 2.75) is 32.4 Å². The Hall–Kier alpha value is -3.50. The van der Waals surface area contributed by atoms with Gasteiger partial charge in [0.1, 0.15) is 0 Å². The zero-order valence-corrected chi connectivity index (χ0v) is 21.0. The topological polar surface area (TPSA) is 134 Å². The molecule has 1 saturated heterocycles. The molecule has 182 valence electrons. The van der Waals surface area contributed by atoms with Crippen LogP contribution >= 0.6 is 15.9 Å². The average molecular weight is 538 g/mol. The van der Waals surface area contributed by atoms with Gasteiger partial charge in [-0.15, -0.1) is 0 Å². The smallest absolute Gasteiger partial charge is 0.319 e. The number of nitrogens with two attached hydrogens (primary N) is 1. The monoisotopic (exact) mass is 537 g/mol. The maximum absolute atomic E-state index is 12.8. The molecule has 0 radical (unpaired) electrons. The van der Waals surface area contributed by atoms with E-state index in [0.717, 1.165) is 47.1 Å². The Balaban J connectivity index is 1.42. The molecule has 0 bridgehead atoms. The van der Waals surface area contributed by atoms with Gasteiger partial charge >= 0.3 is 6.03 Å². The number of halogens is 1. The Morgan fingerprint density at radius 3 is 2.86 bits per heavy atom. The van der Waals surface area contributed by atoms with Crippen LogP contribution in [0, 0.1) is 6.92 Å². The van der Waals surface area contributed by atoms with E-state index in [1.165, 1.54) is 0 Å². The van der Waals surface area contributed by atoms with Gasteiger partial charge in [0.15, 0.2) is 11.5 Å². The minimum Gasteiger partial charge on any atom is -0.382 e. The fourth-order valence-corrected chi connectivity index (χ4v) is 4.55. The van der Waals surface area contributed by atoms with Crippen molar-refractivity contribution in [3.05, 3.63) is 70.0 Å². The largest absolute Gasteiger partial charge is 0.382 e. The summed E-state index contributed by atoms with van der Waals surface area (Å²) in [5, 5.41) is 11.9. The van der Waals surface area contributed by atoms with Crippen LogP contribution in [-0.4, -0.2) is 41.0 Å². The number of aryl methyl sites for hydroxylation is 1. The lowest BCUT2D eigenvalue weighted by atomic mass is 10.1. The molecular formula is C25H28BrN7O2. The van der Waals surface area contributed by atoms with Gasteiger partial charge in [0.2, 0.25) is 0 Å². The molecule has 0 aliphatic carbocycles. The standard InChI is InChI=1S/C25H28BrN7O2/c1-15-8-18(26)11-20(9-15)32-25(35)30-12-16-4-2-5-17(10-16)21-14-29-23(27)22(33-21)24(34)31-19-6-3-7-28-13-19/h2,4-5,8-11,14,19,28H,3,6-7,12-13H2,1H3,(H2,27,29)(H,31,34)(H2,30,32,35)/t19-/m0/s1. The van der Waals surface area contributed by atoms with Gasteiger partial charge in [-0.25, -0.2) is 14.8 Å². The highest BCUT2D eigenvalue weighted by Crippen LogP contribution is 2.21. The van der Waals surface area contributed by atoms with Crippen molar-refractivity contribution < 1.29 is 9.59 Å². The van der Waals surface area contributed by atoms with Crippen molar-refractivity contribution in [3.8, 4) is 11.3 Å². The van der Waals surface area contributed by atoms with Gasteiger partial charge in [0.05, 0.1) is 11.9 Å². The molecule has 1 atom stereocenters. The van der Waals surface area contributed by atoms with Crippen molar-refractivity contribution in [3.63, 3.8) is 0 Å². The summed E-state index contributed by atoms with van der Waals surface area (Å²) in [6, 6.07) is 13.0. The lowest BCUT2D eigenvalue weighted by molar-refractivity contribution is 0.0926. The maximum atomic E-state index is 12.8. The van der Waals surface area contributed by atoms with E-state index in [9.17, 15) is 9.59 Å². The minimum absolute atomic E-state index is 0.0440. The van der Waals surface area contributed by atoms with E-state index < -0.39 is 0 Å². The molecule has 3 amide bonds. The van der Waals surface area contributed by atoms with Gasteiger partial charge in [-0.1, -0.05) is 34.1 Å². The number of urea groups is 1. The highest BCUT2D eigenvalue weighted by Gasteiger charge is 2.20. The number of nitrogen functional groups attached to an aromatic ring is 1. The number of piperidine rings is 1. The van der Waals surface area contributed by atoms with Crippen LogP contribution in [-0.2, 0) is 6.54 Å². The number of aromatic nitrogens is 2. The number of carbonyl (C=O) groups excluding carboxylic acids is 2. The van der Waals surface area contributed by atoms with E-state index in [-0.39, 0.29) is 29.5 Å². The molecule has 1 fully saturated rings. The van der Waals surface area contributed by atoms with Crippen molar-refractivity contribution in [2.24, 2.45) is 0 Å². The Morgan fingerprint density at radius 2 is 2.09 bits per heavy atom. The van der Waals surface area contributed by atoms with Gasteiger partial charge in [-0.3, -0.25) is 4.79 Å². The fraction of sp³-hybridized carbons (Fsp3) is 0.280. The molecule has 6 N–H and O–H groups in total. The Kier molecular flexibility index (Phi) is 7.94. The summed E-state index contributed by atoms with van der Waals surface area (Å²) >= 11 is 3.43. The molecule has 1 aliphatic heterocycles. The van der Waals surface area contributed by atoms with Gasteiger partial charge in [0.25, 0.3) is 5.91 Å². The third kappa shape index (κ3) is 6.77. The van der Waals surface area contributed by atoms with E-state index in [1.54, 1.807) is 6.20 Å². The molecule has 0 saturated carbocycles. The normalized spacial score (nSPS) is 15.3. The van der Waals surface area contributed by atoms with Crippen LogP contribution in [0.25, 0.3) is 11.3 Å². The van der Waals surface area contributed by atoms with Gasteiger partial charge in [0, 0.05) is 34.9 Å². The number of carbonyl (C=O) groups is 2. The maximum Gasteiger partial charge on any atom is 0.319 e. The van der Waals surface area contributed by atoms with E-state index >= 15 is 0 Å². The van der Waals surface area contributed by atoms with Gasteiger partial charge < -0.3 is 27.0 Å². The second kappa shape index (κ2) is 11.3. The number of hydrogen-bond donors (Lipinski definition) is 5. The zero-order valence-electron chi connectivity index (χ0n) is 19.4. The second-order valence-corrected chi connectivity index (χ2v) is 9.45. The van der Waals surface area contributed by atoms with Gasteiger partial charge in [-0.2, -0.15) is 0 Å². The number of nitrogens with one attached hydrogen (secondary N) is 4. The van der Waals surface area contributed by atoms with E-state index in [1.807, 2.05) is 49.4 Å². The van der Waals surface area contributed by atoms with Crippen LogP contribution in [0.4, 0.5) is 16.3 Å². The molecule has 4 rings (SSSR count). The lowest BCUT2D eigenvalue weighted by Crippen LogP contribution is -2.46. The van der Waals surface area contributed by atoms with Crippen molar-refractivity contribution in [1.82, 2.24) is 25.9 Å². The van der Waals surface area contributed by atoms with Crippen LogP contribution in [0.15, 0.2) is 53.1 Å². The van der Waals surface area contributed by atoms with E-state index in [2.05, 4.69) is 47.2 Å². The molecule has 2 aromatic carbocycles. The first-order chi connectivity index (χ1) is 16.9. The molecule has 3 aromatic rings. The van der Waals surface area contributed by atoms with Crippen molar-refractivity contribution in [1.29, 1.82) is 0 Å². The van der Waals surface area contributed by atoms with E-state index in [4.69, 9.17) is 5.73 Å². The summed E-state index contributed by atoms with van der Waals surface area (Å²) in [4.78, 5) is 33.8. The fourth-order valence-electron chi connectivity index (χ4n) is 3.94. The number of amides is 3. The molecule has 9 nitrogen and oxygen atoms in total. The Morgan fingerprint density at radius 1 is 1.23 bits per heavy atom. The number of nitrogens with zero attached hydrogens (tertiary/aromatic N) is 2. The Labute approximate surface area is 212 Å². The quantitative estimate of drug-likeness (QED) is 0.326.